The van der Waals surface area contributed by atoms with Crippen molar-refractivity contribution in [1.29, 1.82) is 5.26 Å². The van der Waals surface area contributed by atoms with E-state index >= 15 is 0 Å². The van der Waals surface area contributed by atoms with Crippen molar-refractivity contribution in [3.05, 3.63) is 72.6 Å². The molecule has 3 aromatic rings. The Balaban J connectivity index is 1.98. The molecule has 0 saturated heterocycles. The molecule has 0 radical (unpaired) electrons. The number of non-ortho nitro benzene ring substituents is 1. The second-order valence-electron chi connectivity index (χ2n) is 5.86. The molecular weight excluding hydrogens is 412 g/mol. The van der Waals surface area contributed by atoms with Crippen LogP contribution in [0, 0.1) is 31.6 Å². The van der Waals surface area contributed by atoms with Gasteiger partial charge < -0.3 is 9.84 Å². The number of thiazole rings is 1. The maximum absolute atomic E-state index is 11.1. The lowest BCUT2D eigenvalue weighted by Crippen LogP contribution is -1.93. The predicted octanol–water partition coefficient (Wildman–Crippen LogP) is 4.40. The average Bonchev–Trinajstić information content (AvgIpc) is 3.22. The van der Waals surface area contributed by atoms with Gasteiger partial charge in [-0.2, -0.15) is 5.26 Å². The topological polar surface area (TPSA) is 152 Å². The van der Waals surface area contributed by atoms with E-state index in [2.05, 4.69) is 4.98 Å². The van der Waals surface area contributed by atoms with Crippen molar-refractivity contribution in [3.63, 3.8) is 0 Å². The van der Waals surface area contributed by atoms with E-state index in [0.717, 1.165) is 6.07 Å². The molecule has 11 heteroatoms. The molecule has 0 aliphatic rings. The highest BCUT2D eigenvalue weighted by molar-refractivity contribution is 7.11. The number of hydrogen-bond donors (Lipinski definition) is 1. The highest BCUT2D eigenvalue weighted by Crippen LogP contribution is 2.38. The van der Waals surface area contributed by atoms with Gasteiger partial charge in [0.2, 0.25) is 5.75 Å². The van der Waals surface area contributed by atoms with E-state index < -0.39 is 21.3 Å². The lowest BCUT2D eigenvalue weighted by Gasteiger charge is -2.05. The Morgan fingerprint density at radius 1 is 1.23 bits per heavy atom. The molecule has 0 saturated carbocycles. The van der Waals surface area contributed by atoms with Crippen LogP contribution in [0.25, 0.3) is 22.9 Å². The number of aromatic nitrogens is 1. The quantitative estimate of drug-likeness (QED) is 0.347. The largest absolute Gasteiger partial charge is 0.500 e. The molecule has 1 N–H and O–H groups in total. The molecule has 0 unspecified atom stereocenters. The fourth-order valence-corrected chi connectivity index (χ4v) is 3.38. The summed E-state index contributed by atoms with van der Waals surface area (Å²) in [4.78, 5) is 25.0. The van der Waals surface area contributed by atoms with Crippen LogP contribution in [0.2, 0.25) is 0 Å². The first kappa shape index (κ1) is 20.4. The van der Waals surface area contributed by atoms with Gasteiger partial charge in [-0.05, 0) is 29.8 Å². The van der Waals surface area contributed by atoms with Gasteiger partial charge in [-0.15, -0.1) is 11.3 Å². The molecule has 2 aromatic carbocycles. The Hall–Kier alpha value is -4.30. The summed E-state index contributed by atoms with van der Waals surface area (Å²) in [7, 11) is 1.26. The number of phenolic OH excluding ortho intramolecular Hbond substituents is 1. The van der Waals surface area contributed by atoms with Crippen LogP contribution in [-0.4, -0.2) is 27.0 Å². The van der Waals surface area contributed by atoms with Crippen LogP contribution in [-0.2, 0) is 0 Å². The van der Waals surface area contributed by atoms with Gasteiger partial charge in [-0.1, -0.05) is 0 Å². The van der Waals surface area contributed by atoms with Crippen LogP contribution in [0.15, 0.2) is 41.8 Å². The fourth-order valence-electron chi connectivity index (χ4n) is 2.58. The highest BCUT2D eigenvalue weighted by Gasteiger charge is 2.20. The van der Waals surface area contributed by atoms with Crippen molar-refractivity contribution in [1.82, 2.24) is 4.98 Å². The van der Waals surface area contributed by atoms with Crippen LogP contribution in [0.1, 0.15) is 10.6 Å². The minimum Gasteiger partial charge on any atom is -0.500 e. The first-order valence-electron chi connectivity index (χ1n) is 8.22. The minimum absolute atomic E-state index is 0.0466. The van der Waals surface area contributed by atoms with Gasteiger partial charge in [0.25, 0.3) is 5.69 Å². The number of rotatable bonds is 6. The minimum atomic E-state index is -0.753. The average molecular weight is 424 g/mol. The zero-order chi connectivity index (χ0) is 21.8. The summed E-state index contributed by atoms with van der Waals surface area (Å²) in [6.07, 6.45) is 1.40. The first-order valence-corrected chi connectivity index (χ1v) is 9.10. The summed E-state index contributed by atoms with van der Waals surface area (Å²) in [5.41, 5.74) is 0.996. The first-order chi connectivity index (χ1) is 14.3. The Labute approximate surface area is 173 Å². The third-order valence-corrected chi connectivity index (χ3v) is 4.91. The SMILES string of the molecule is COc1cc(C=C(C#N)c2nc(-c3ccc([N+](=O)[O-])cc3)cs2)cc([N+](=O)[O-])c1O. The molecule has 0 atom stereocenters. The Kier molecular flexibility index (Phi) is 5.70. The van der Waals surface area contributed by atoms with Crippen molar-refractivity contribution in [2.24, 2.45) is 0 Å². The van der Waals surface area contributed by atoms with Crippen LogP contribution >= 0.6 is 11.3 Å². The van der Waals surface area contributed by atoms with Gasteiger partial charge >= 0.3 is 5.69 Å². The number of nitro benzene ring substituents is 2. The fraction of sp³-hybridized carbons (Fsp3) is 0.0526. The normalized spacial score (nSPS) is 11.0. The molecule has 150 valence electrons. The van der Waals surface area contributed by atoms with Crippen LogP contribution in [0.4, 0.5) is 11.4 Å². The third-order valence-electron chi connectivity index (χ3n) is 4.03. The third kappa shape index (κ3) is 4.08. The lowest BCUT2D eigenvalue weighted by atomic mass is 10.1. The van der Waals surface area contributed by atoms with Gasteiger partial charge in [0.15, 0.2) is 5.75 Å². The van der Waals surface area contributed by atoms with E-state index in [9.17, 15) is 30.6 Å². The molecule has 0 amide bonds. The predicted molar refractivity (Wildman–Crippen MR) is 109 cm³/mol. The molecule has 0 fully saturated rings. The molecule has 0 bridgehead atoms. The number of ether oxygens (including phenoxy) is 1. The number of phenols is 1. The lowest BCUT2D eigenvalue weighted by molar-refractivity contribution is -0.386. The molecule has 0 aliphatic carbocycles. The van der Waals surface area contributed by atoms with Gasteiger partial charge in [0.1, 0.15) is 11.1 Å². The van der Waals surface area contributed by atoms with Crippen molar-refractivity contribution < 1.29 is 19.7 Å². The zero-order valence-corrected chi connectivity index (χ0v) is 16.1. The van der Waals surface area contributed by atoms with Crippen molar-refractivity contribution in [2.75, 3.05) is 7.11 Å². The highest BCUT2D eigenvalue weighted by atomic mass is 32.1. The summed E-state index contributed by atoms with van der Waals surface area (Å²) in [5.74, 6) is -0.702. The summed E-state index contributed by atoms with van der Waals surface area (Å²) in [6.45, 7) is 0. The maximum atomic E-state index is 11.1. The maximum Gasteiger partial charge on any atom is 0.315 e. The second kappa shape index (κ2) is 8.38. The van der Waals surface area contributed by atoms with E-state index in [1.165, 1.54) is 42.7 Å². The smallest absolute Gasteiger partial charge is 0.315 e. The second-order valence-corrected chi connectivity index (χ2v) is 6.72. The number of nitriles is 1. The number of nitrogens with zero attached hydrogens (tertiary/aromatic N) is 4. The van der Waals surface area contributed by atoms with Crippen LogP contribution < -0.4 is 4.74 Å². The standard InChI is InChI=1S/C19H12N4O6S/c1-29-17-8-11(7-16(18(17)24)23(27)28)6-13(9-20)19-21-15(10-30-19)12-2-4-14(5-3-12)22(25)26/h2-8,10,24H,1H3. The van der Waals surface area contributed by atoms with E-state index in [4.69, 9.17) is 4.74 Å². The molecule has 1 heterocycles. The molecule has 30 heavy (non-hydrogen) atoms. The Bertz CT molecular complexity index is 1210. The number of allylic oxidation sites excluding steroid dienone is 1. The molecule has 3 rings (SSSR count). The monoisotopic (exact) mass is 424 g/mol. The Morgan fingerprint density at radius 3 is 2.50 bits per heavy atom. The van der Waals surface area contributed by atoms with Crippen molar-refractivity contribution >= 4 is 34.4 Å². The van der Waals surface area contributed by atoms with Gasteiger partial charge in [-0.3, -0.25) is 20.2 Å². The van der Waals surface area contributed by atoms with E-state index in [1.807, 2.05) is 6.07 Å². The zero-order valence-electron chi connectivity index (χ0n) is 15.3. The van der Waals surface area contributed by atoms with Gasteiger partial charge in [0.05, 0.1) is 28.2 Å². The number of aromatic hydroxyl groups is 1. The van der Waals surface area contributed by atoms with Crippen molar-refractivity contribution in [2.45, 2.75) is 0 Å². The molecule has 0 spiro atoms. The molecule has 1 aromatic heterocycles. The van der Waals surface area contributed by atoms with Crippen molar-refractivity contribution in [3.8, 4) is 28.8 Å². The van der Waals surface area contributed by atoms with Gasteiger partial charge in [-0.25, -0.2) is 4.98 Å². The number of benzene rings is 2. The number of hydrogen-bond acceptors (Lipinski definition) is 9. The van der Waals surface area contributed by atoms with E-state index in [-0.39, 0.29) is 22.6 Å². The summed E-state index contributed by atoms with van der Waals surface area (Å²) >= 11 is 1.18. The number of methoxy groups -OCH3 is 1. The molecule has 10 nitrogen and oxygen atoms in total. The summed E-state index contributed by atoms with van der Waals surface area (Å²) < 4.78 is 4.96. The van der Waals surface area contributed by atoms with E-state index in [0.29, 0.717) is 16.3 Å². The summed E-state index contributed by atoms with van der Waals surface area (Å²) in [5, 5.41) is 43.4. The number of nitro groups is 2. The van der Waals surface area contributed by atoms with E-state index in [1.54, 1.807) is 17.5 Å². The molecular formula is C19H12N4O6S. The van der Waals surface area contributed by atoms with Gasteiger partial charge in [0, 0.05) is 29.1 Å². The van der Waals surface area contributed by atoms with Crippen LogP contribution in [0.5, 0.6) is 11.5 Å². The molecule has 0 aliphatic heterocycles. The summed E-state index contributed by atoms with van der Waals surface area (Å²) in [6, 6.07) is 10.3. The van der Waals surface area contributed by atoms with Crippen LogP contribution in [0.3, 0.4) is 0 Å². The Morgan fingerprint density at radius 2 is 1.93 bits per heavy atom.